The molecule has 10 atom stereocenters. The Morgan fingerprint density at radius 2 is 0.895 bits per heavy atom. The van der Waals surface area contributed by atoms with Gasteiger partial charge < -0.3 is 84.2 Å². The van der Waals surface area contributed by atoms with Gasteiger partial charge in [-0.15, -0.1) is 0 Å². The minimum atomic E-state index is -1.13. The summed E-state index contributed by atoms with van der Waals surface area (Å²) in [5, 5.41) is 23.7. The standard InChI is InChI=1S/C48H51N7O7.C43H50N6O6.C10H11NO4.CH4/c1-26(2)42(52-47(58)60-4)45(56)54-17-9-12-39(54)44-49-23-38(51-44)30-13-15-32-31(19-30)25-62-41-22-33-29(20-35(32)41)14-16-36-34(33)21-37(50-36)40-18-27(3)24-55(40)46(57)43(53-48(59)61-5)28-10-7-6-8-11-28;1-23(2)38(47-41(51)53-7)40(50)48-14-8-9-35(48)39-44-20-34(46-39)26-10-12-28-27(16-26)22-54-37-19-29-25(17-31(28)37)11-13-32-30(29)18-33(45-32)36-15-24(3)21-49(36)42(52)55-43(4,5)6;1-15-10(14)11-8(9(12)13)7-5-3-2-4-6-7;/h6-8,10-11,13-16,19-20,22-23,26-27,39-40,42-43H,9,12,17-18,21,24-25H2,1-5H3,(H,49,51)(H,52,58)(H,53,59);10-13,16-17,19-20,23-24,35-36,38H,8-9,14-15,18,21-22H2,1-7H3,(H,44,46)(H,47,51);2-6,8H,1H3,(H,11,14)(H,12,13);1H4/t27-,39-,40-,42-,43+;24-,35-,36-,38-;8-;/m001./s1. The van der Waals surface area contributed by atoms with Crippen molar-refractivity contribution in [1.29, 1.82) is 0 Å². The molecule has 0 aliphatic carbocycles. The number of likely N-dealkylation sites (tertiary alicyclic amines) is 4. The number of carboxylic acid groups (broad SMARTS) is 1. The van der Waals surface area contributed by atoms with Gasteiger partial charge in [-0.05, 0) is 209 Å². The molecule has 8 amide bonds. The van der Waals surface area contributed by atoms with E-state index in [9.17, 15) is 43.2 Å². The molecule has 10 aromatic rings. The van der Waals surface area contributed by atoms with Crippen LogP contribution in [0.5, 0.6) is 11.5 Å². The zero-order chi connectivity index (χ0) is 93.2. The van der Waals surface area contributed by atoms with Gasteiger partial charge in [0.2, 0.25) is 17.7 Å². The number of rotatable bonds is 18. The van der Waals surface area contributed by atoms with Crippen molar-refractivity contribution < 1.29 is 81.4 Å². The van der Waals surface area contributed by atoms with E-state index in [-0.39, 0.29) is 73.2 Å². The fraction of sp³-hybridized carbons (Fsp3) is 0.402. The van der Waals surface area contributed by atoms with Crippen LogP contribution in [0, 0.1) is 23.7 Å². The number of aliphatic imine (C=N–C) groups is 2. The number of carbonyl (C=O) groups excluding carboxylic acids is 8. The van der Waals surface area contributed by atoms with Gasteiger partial charge in [0.1, 0.15) is 60.1 Å². The summed E-state index contributed by atoms with van der Waals surface area (Å²) in [5.41, 5.74) is 16.8. The highest BCUT2D eigenvalue weighted by atomic mass is 16.6. The van der Waals surface area contributed by atoms with Gasteiger partial charge in [-0.3, -0.25) is 29.3 Å². The number of nitrogens with one attached hydrogen (secondary N) is 6. The molecule has 2 aromatic heterocycles. The molecule has 10 heterocycles. The Kier molecular flexibility index (Phi) is 27.8. The normalized spacial score (nSPS) is 19.2. The summed E-state index contributed by atoms with van der Waals surface area (Å²) in [6, 6.07) is 43.4. The number of amides is 8. The van der Waals surface area contributed by atoms with E-state index in [1.54, 1.807) is 30.3 Å². The first kappa shape index (κ1) is 93.5. The Morgan fingerprint density at radius 1 is 0.481 bits per heavy atom. The van der Waals surface area contributed by atoms with Crippen LogP contribution in [0.2, 0.25) is 0 Å². The molecule has 7 N–H and O–H groups in total. The number of nitrogens with zero attached hydrogens (tertiary/aromatic N) is 8. The van der Waals surface area contributed by atoms with Crippen molar-refractivity contribution >= 4 is 98.5 Å². The number of carboxylic acids is 1. The Balaban J connectivity index is 0.000000175. The summed E-state index contributed by atoms with van der Waals surface area (Å²) in [7, 11) is 5.06. The molecule has 696 valence electrons. The second kappa shape index (κ2) is 39.5. The zero-order valence-electron chi connectivity index (χ0n) is 76.4. The molecule has 31 heteroatoms. The lowest BCUT2D eigenvalue weighted by Gasteiger charge is -2.30. The van der Waals surface area contributed by atoms with E-state index in [4.69, 9.17) is 53.5 Å². The molecule has 4 saturated heterocycles. The average Bonchev–Trinajstić information content (AvgIpc) is 1.62. The number of ether oxygens (including phenoxy) is 7. The third kappa shape index (κ3) is 19.8. The number of benzene rings is 8. The second-order valence-electron chi connectivity index (χ2n) is 36.7. The summed E-state index contributed by atoms with van der Waals surface area (Å²) < 4.78 is 37.5. The van der Waals surface area contributed by atoms with E-state index in [1.165, 1.54) is 34.0 Å². The lowest BCUT2D eigenvalue weighted by Crippen LogP contribution is -2.51. The molecular formula is C102H116N14O17. The number of imidazole rings is 2. The maximum absolute atomic E-state index is 14.3. The van der Waals surface area contributed by atoms with Gasteiger partial charge in [-0.2, -0.15) is 0 Å². The van der Waals surface area contributed by atoms with Crippen LogP contribution in [0.15, 0.2) is 168 Å². The summed E-state index contributed by atoms with van der Waals surface area (Å²) >= 11 is 0. The number of hydrogen-bond donors (Lipinski definition) is 7. The average molecular weight is 1810 g/mol. The first-order valence-electron chi connectivity index (χ1n) is 45.0. The quantitative estimate of drug-likeness (QED) is 0.0392. The molecule has 8 aromatic carbocycles. The van der Waals surface area contributed by atoms with Gasteiger partial charge in [0.25, 0.3) is 0 Å². The van der Waals surface area contributed by atoms with Gasteiger partial charge >= 0.3 is 36.4 Å². The van der Waals surface area contributed by atoms with Crippen molar-refractivity contribution in [3.8, 4) is 56.3 Å². The van der Waals surface area contributed by atoms with E-state index >= 15 is 0 Å². The SMILES string of the molecule is C.COC(=O)N[C@@H](C(=O)O)c1ccccc1.COC(=O)N[C@H](C(=O)N1CCC[C@H]1c1ncc(-c2ccc3c(c2)COc2cc4c5c(ccc4cc2-3)N=C([C@@H]2C[C@H](C)CN2C(=O)OC(C)(C)C)C5)[nH]1)C(C)C.COC(=O)N[C@H](C(=O)N1CCC[C@H]1c1ncc(-c2ccc3c(c2)COc2cc4c5c(ccc4cc2-3)N=C([C@@H]2C[C@H](C)CN2C(=O)[C@H](NC(=O)OC)c2ccccc2)C5)[nH]1)C(C)C. The van der Waals surface area contributed by atoms with Crippen molar-refractivity contribution in [3.63, 3.8) is 0 Å². The number of H-pyrrole nitrogens is 2. The molecule has 0 unspecified atom stereocenters. The lowest BCUT2D eigenvalue weighted by atomic mass is 9.90. The molecular weight excluding hydrogens is 1690 g/mol. The number of hydrogen-bond acceptors (Lipinski definition) is 20. The van der Waals surface area contributed by atoms with Gasteiger partial charge in [-0.1, -0.05) is 146 Å². The van der Waals surface area contributed by atoms with E-state index in [1.807, 2.05) is 111 Å². The van der Waals surface area contributed by atoms with Crippen LogP contribution in [0.4, 0.5) is 35.3 Å². The fourth-order valence-electron chi connectivity index (χ4n) is 19.3. The molecule has 0 bridgehead atoms. The summed E-state index contributed by atoms with van der Waals surface area (Å²) in [4.78, 5) is 147. The van der Waals surface area contributed by atoms with Crippen molar-refractivity contribution in [3.05, 3.63) is 203 Å². The molecule has 0 radical (unpaired) electrons. The maximum Gasteiger partial charge on any atom is 0.410 e. The minimum absolute atomic E-state index is 0. The monoisotopic (exact) mass is 1810 g/mol. The minimum Gasteiger partial charge on any atom is -0.488 e. The van der Waals surface area contributed by atoms with Gasteiger partial charge in [-0.25, -0.2) is 38.7 Å². The number of aromatic nitrogens is 4. The van der Waals surface area contributed by atoms with Gasteiger partial charge in [0, 0.05) is 61.6 Å². The predicted octanol–water partition coefficient (Wildman–Crippen LogP) is 17.7. The molecule has 8 aliphatic heterocycles. The Bertz CT molecular complexity index is 6180. The van der Waals surface area contributed by atoms with Gasteiger partial charge in [0.05, 0.1) is 87.8 Å². The van der Waals surface area contributed by atoms with Crippen LogP contribution >= 0.6 is 0 Å². The van der Waals surface area contributed by atoms with Crippen LogP contribution in [0.25, 0.3) is 66.3 Å². The summed E-state index contributed by atoms with van der Waals surface area (Å²) in [6.07, 6.45) is 6.86. The van der Waals surface area contributed by atoms with Crippen molar-refractivity contribution in [2.45, 2.75) is 188 Å². The topological polar surface area (TPSA) is 382 Å². The van der Waals surface area contributed by atoms with Crippen molar-refractivity contribution in [2.75, 3.05) is 54.6 Å². The number of aliphatic carboxylic acids is 1. The van der Waals surface area contributed by atoms with E-state index < -0.39 is 60.1 Å². The Hall–Kier alpha value is -14.1. The summed E-state index contributed by atoms with van der Waals surface area (Å²) in [5.74, 6) is 1.90. The molecule has 0 spiro atoms. The number of methoxy groups -OCH3 is 4. The van der Waals surface area contributed by atoms with Crippen LogP contribution in [-0.4, -0.2) is 195 Å². The Labute approximate surface area is 772 Å². The summed E-state index contributed by atoms with van der Waals surface area (Å²) in [6.45, 7) is 20.9. The Morgan fingerprint density at radius 3 is 1.32 bits per heavy atom. The number of aromatic amines is 2. The van der Waals surface area contributed by atoms with Crippen molar-refractivity contribution in [2.24, 2.45) is 33.7 Å². The third-order valence-corrected chi connectivity index (χ3v) is 25.9. The number of alkyl carbamates (subject to hydrolysis) is 4. The van der Waals surface area contributed by atoms with Crippen molar-refractivity contribution in [1.82, 2.24) is 60.8 Å². The lowest BCUT2D eigenvalue weighted by molar-refractivity contribution is -0.139. The van der Waals surface area contributed by atoms with E-state index in [2.05, 4.69) is 135 Å². The molecule has 18 rings (SSSR count). The third-order valence-electron chi connectivity index (χ3n) is 25.9. The number of carbonyl (C=O) groups is 9. The van der Waals surface area contributed by atoms with E-state index in [0.29, 0.717) is 75.1 Å². The van der Waals surface area contributed by atoms with Crippen LogP contribution < -0.4 is 30.7 Å². The highest BCUT2D eigenvalue weighted by Crippen LogP contribution is 2.49. The van der Waals surface area contributed by atoms with Gasteiger partial charge in [0.15, 0.2) is 6.04 Å². The molecule has 133 heavy (non-hydrogen) atoms. The number of fused-ring (bicyclic) bond motifs is 12. The van der Waals surface area contributed by atoms with Crippen LogP contribution in [-0.2, 0) is 68.9 Å². The zero-order valence-corrected chi connectivity index (χ0v) is 76.4. The van der Waals surface area contributed by atoms with Crippen LogP contribution in [0.1, 0.15) is 177 Å². The fourth-order valence-corrected chi connectivity index (χ4v) is 19.3. The molecule has 31 nitrogen and oxygen atoms in total. The highest BCUT2D eigenvalue weighted by Gasteiger charge is 2.45. The highest BCUT2D eigenvalue weighted by molar-refractivity contribution is 6.08. The second-order valence-corrected chi connectivity index (χ2v) is 36.7. The first-order chi connectivity index (χ1) is 63.4. The van der Waals surface area contributed by atoms with Crippen LogP contribution in [0.3, 0.4) is 0 Å². The first-order valence-corrected chi connectivity index (χ1v) is 45.0. The van der Waals surface area contributed by atoms with E-state index in [0.717, 1.165) is 162 Å². The molecule has 8 aliphatic rings. The largest absolute Gasteiger partial charge is 0.488 e. The predicted molar refractivity (Wildman–Crippen MR) is 504 cm³/mol. The molecule has 0 saturated carbocycles. The molecule has 4 fully saturated rings. The maximum atomic E-state index is 14.3. The smallest absolute Gasteiger partial charge is 0.410 e.